The van der Waals surface area contributed by atoms with Gasteiger partial charge in [-0.15, -0.1) is 0 Å². The van der Waals surface area contributed by atoms with Crippen LogP contribution in [0.15, 0.2) is 24.3 Å². The van der Waals surface area contributed by atoms with Crippen LogP contribution in [0.1, 0.15) is 27.2 Å². The first-order valence-electron chi connectivity index (χ1n) is 6.29. The van der Waals surface area contributed by atoms with Crippen molar-refractivity contribution in [2.75, 3.05) is 13.2 Å². The smallest absolute Gasteiger partial charge is 0.137 e. The molecule has 1 rings (SSSR count). The summed E-state index contributed by atoms with van der Waals surface area (Å²) in [5.74, 6) is 0.436. The van der Waals surface area contributed by atoms with Crippen LogP contribution >= 0.6 is 0 Å². The van der Waals surface area contributed by atoms with Gasteiger partial charge in [0.1, 0.15) is 6.09 Å². The van der Waals surface area contributed by atoms with Gasteiger partial charge in [0, 0.05) is 24.6 Å². The molecule has 1 N–H and O–H groups in total. The van der Waals surface area contributed by atoms with Gasteiger partial charge in [-0.25, -0.2) is 0 Å². The summed E-state index contributed by atoms with van der Waals surface area (Å²) in [4.78, 5) is 12.3. The number of carbonyl (C=O) groups excluding carboxylic acids is 1. The molecule has 0 bridgehead atoms. The summed E-state index contributed by atoms with van der Waals surface area (Å²) < 4.78 is 0. The normalized spacial score (nSPS) is 23.8. The first-order chi connectivity index (χ1) is 8.36. The summed E-state index contributed by atoms with van der Waals surface area (Å²) in [7, 11) is 0. The van der Waals surface area contributed by atoms with Gasteiger partial charge < -0.3 is 19.9 Å². The fourth-order valence-electron chi connectivity index (χ4n) is 2.11. The zero-order valence-electron chi connectivity index (χ0n) is 11.3. The van der Waals surface area contributed by atoms with Crippen LogP contribution in [-0.2, 0) is 0 Å². The van der Waals surface area contributed by atoms with E-state index in [2.05, 4.69) is 6.08 Å². The Morgan fingerprint density at radius 3 is 2.72 bits per heavy atom. The van der Waals surface area contributed by atoms with Crippen LogP contribution in [0.4, 0.5) is 4.79 Å². The maximum Gasteiger partial charge on any atom is 0.137 e. The molecule has 0 aromatic heterocycles. The fourth-order valence-corrected chi connectivity index (χ4v) is 2.11. The van der Waals surface area contributed by atoms with Crippen LogP contribution in [0.2, 0.25) is 0 Å². The lowest BCUT2D eigenvalue weighted by atomic mass is 9.96. The van der Waals surface area contributed by atoms with Crippen molar-refractivity contribution in [1.82, 2.24) is 4.90 Å². The van der Waals surface area contributed by atoms with Gasteiger partial charge >= 0.3 is 0 Å². The Hall–Kier alpha value is -1.29. The predicted octanol–water partition coefficient (Wildman–Crippen LogP) is 1.17. The van der Waals surface area contributed by atoms with Crippen LogP contribution in [0.3, 0.4) is 0 Å². The number of allylic oxidation sites excluding steroid dienone is 2. The number of hydrogen-bond acceptors (Lipinski definition) is 3. The van der Waals surface area contributed by atoms with E-state index < -0.39 is 11.6 Å². The zero-order chi connectivity index (χ0) is 13.8. The van der Waals surface area contributed by atoms with Gasteiger partial charge in [0.2, 0.25) is 0 Å². The van der Waals surface area contributed by atoms with Gasteiger partial charge in [-0.3, -0.25) is 0 Å². The maximum atomic E-state index is 11.0. The first kappa shape index (κ1) is 14.8. The molecular formula is C14H22NO3-. The molecule has 0 aromatic rings. The number of aliphatic hydroxyl groups is 1. The molecule has 0 heterocycles. The standard InChI is InChI=1S/C14H23NO3/c1-14(2,3)15(13(17)18)9-5-8-11-6-4-7-12(11)10-16/h4-5,7-8,11-12,16H,6,9-10H2,1-3H3,(H,17,18)/p-1/t11-,12+/m1/s1. The first-order valence-corrected chi connectivity index (χ1v) is 6.29. The highest BCUT2D eigenvalue weighted by molar-refractivity contribution is 5.63. The highest BCUT2D eigenvalue weighted by Gasteiger charge is 2.21. The Bertz CT molecular complexity index is 341. The van der Waals surface area contributed by atoms with E-state index in [0.717, 1.165) is 6.42 Å². The predicted molar refractivity (Wildman–Crippen MR) is 68.8 cm³/mol. The highest BCUT2D eigenvalue weighted by atomic mass is 16.4. The lowest BCUT2D eigenvalue weighted by Crippen LogP contribution is -2.51. The van der Waals surface area contributed by atoms with Crippen LogP contribution in [0, 0.1) is 11.8 Å². The van der Waals surface area contributed by atoms with Gasteiger partial charge in [-0.2, -0.15) is 0 Å². The summed E-state index contributed by atoms with van der Waals surface area (Å²) in [6.07, 6.45) is 7.65. The summed E-state index contributed by atoms with van der Waals surface area (Å²) in [6, 6.07) is 0. The van der Waals surface area contributed by atoms with Crippen LogP contribution in [0.25, 0.3) is 0 Å². The molecule has 1 aliphatic carbocycles. The largest absolute Gasteiger partial charge is 0.530 e. The molecule has 0 aromatic carbocycles. The molecule has 102 valence electrons. The molecule has 2 atom stereocenters. The van der Waals surface area contributed by atoms with Crippen LogP contribution in [-0.4, -0.2) is 34.8 Å². The number of nitrogens with zero attached hydrogens (tertiary/aromatic N) is 1. The van der Waals surface area contributed by atoms with Crippen molar-refractivity contribution < 1.29 is 15.0 Å². The van der Waals surface area contributed by atoms with E-state index in [4.69, 9.17) is 5.11 Å². The molecule has 0 spiro atoms. The fraction of sp³-hybridized carbons (Fsp3) is 0.643. The molecule has 0 saturated heterocycles. The van der Waals surface area contributed by atoms with Crippen molar-refractivity contribution >= 4 is 6.09 Å². The number of aliphatic hydroxyl groups excluding tert-OH is 1. The monoisotopic (exact) mass is 252 g/mol. The molecule has 1 amide bonds. The van der Waals surface area contributed by atoms with Gasteiger partial charge in [0.05, 0.1) is 0 Å². The second-order valence-electron chi connectivity index (χ2n) is 5.65. The number of carbonyl (C=O) groups is 1. The van der Waals surface area contributed by atoms with E-state index >= 15 is 0 Å². The van der Waals surface area contributed by atoms with E-state index in [9.17, 15) is 9.90 Å². The number of carboxylic acid groups (broad SMARTS) is 1. The SMILES string of the molecule is CC(C)(C)N(CC=C[C@H]1CC=C[C@H]1CO)C(=O)[O-]. The Balaban J connectivity index is 2.55. The number of hydrogen-bond donors (Lipinski definition) is 1. The third kappa shape index (κ3) is 3.88. The second-order valence-corrected chi connectivity index (χ2v) is 5.65. The molecule has 18 heavy (non-hydrogen) atoms. The quantitative estimate of drug-likeness (QED) is 0.764. The van der Waals surface area contributed by atoms with E-state index in [-0.39, 0.29) is 18.4 Å². The molecule has 1 aliphatic rings. The van der Waals surface area contributed by atoms with Crippen molar-refractivity contribution in [1.29, 1.82) is 0 Å². The maximum absolute atomic E-state index is 11.0. The van der Waals surface area contributed by atoms with Crippen LogP contribution in [0.5, 0.6) is 0 Å². The van der Waals surface area contributed by atoms with Gasteiger partial charge in [0.15, 0.2) is 0 Å². The Morgan fingerprint density at radius 1 is 1.56 bits per heavy atom. The van der Waals surface area contributed by atoms with E-state index in [1.54, 1.807) is 0 Å². The van der Waals surface area contributed by atoms with Crippen molar-refractivity contribution in [3.05, 3.63) is 24.3 Å². The Labute approximate surface area is 109 Å². The molecule has 0 saturated carbocycles. The van der Waals surface area contributed by atoms with Crippen molar-refractivity contribution in [2.24, 2.45) is 11.8 Å². The molecular weight excluding hydrogens is 230 g/mol. The molecule has 0 fully saturated rings. The Morgan fingerprint density at radius 2 is 2.22 bits per heavy atom. The van der Waals surface area contributed by atoms with Gasteiger partial charge in [-0.05, 0) is 33.1 Å². The average molecular weight is 252 g/mol. The highest BCUT2D eigenvalue weighted by Crippen LogP contribution is 2.26. The molecule has 4 heteroatoms. The number of rotatable bonds is 4. The third-order valence-corrected chi connectivity index (χ3v) is 3.25. The lowest BCUT2D eigenvalue weighted by molar-refractivity contribution is -0.269. The summed E-state index contributed by atoms with van der Waals surface area (Å²) >= 11 is 0. The summed E-state index contributed by atoms with van der Waals surface area (Å²) in [6.45, 7) is 5.97. The van der Waals surface area contributed by atoms with Gasteiger partial charge in [-0.1, -0.05) is 24.3 Å². The number of amides is 1. The lowest BCUT2D eigenvalue weighted by Gasteiger charge is -2.37. The minimum atomic E-state index is -1.16. The molecule has 0 aliphatic heterocycles. The van der Waals surface area contributed by atoms with Crippen molar-refractivity contribution in [2.45, 2.75) is 32.7 Å². The van der Waals surface area contributed by atoms with E-state index in [0.29, 0.717) is 6.54 Å². The molecule has 0 radical (unpaired) electrons. The minimum absolute atomic E-state index is 0.134. The molecule has 0 unspecified atom stereocenters. The third-order valence-electron chi connectivity index (χ3n) is 3.25. The summed E-state index contributed by atoms with van der Waals surface area (Å²) in [5, 5.41) is 20.2. The topological polar surface area (TPSA) is 63.6 Å². The van der Waals surface area contributed by atoms with Crippen molar-refractivity contribution in [3.63, 3.8) is 0 Å². The molecule has 4 nitrogen and oxygen atoms in total. The van der Waals surface area contributed by atoms with E-state index in [1.807, 2.05) is 39.0 Å². The zero-order valence-corrected chi connectivity index (χ0v) is 11.3. The van der Waals surface area contributed by atoms with Crippen LogP contribution < -0.4 is 5.11 Å². The average Bonchev–Trinajstić information content (AvgIpc) is 2.69. The second kappa shape index (κ2) is 6.05. The van der Waals surface area contributed by atoms with E-state index in [1.165, 1.54) is 4.90 Å². The minimum Gasteiger partial charge on any atom is -0.530 e. The Kier molecular flexibility index (Phi) is 4.96. The van der Waals surface area contributed by atoms with Gasteiger partial charge in [0.25, 0.3) is 0 Å². The summed E-state index contributed by atoms with van der Waals surface area (Å²) in [5.41, 5.74) is -0.465. The van der Waals surface area contributed by atoms with Crippen molar-refractivity contribution in [3.8, 4) is 0 Å².